The summed E-state index contributed by atoms with van der Waals surface area (Å²) in [5, 5.41) is 19.5. The summed E-state index contributed by atoms with van der Waals surface area (Å²) >= 11 is 0. The van der Waals surface area contributed by atoms with Crippen LogP contribution < -0.4 is 5.73 Å². The van der Waals surface area contributed by atoms with Crippen LogP contribution in [0.5, 0.6) is 0 Å². The molecule has 1 aliphatic carbocycles. The van der Waals surface area contributed by atoms with E-state index in [2.05, 4.69) is 17.1 Å². The van der Waals surface area contributed by atoms with Crippen molar-refractivity contribution in [2.45, 2.75) is 11.8 Å². The van der Waals surface area contributed by atoms with Gasteiger partial charge in [-0.2, -0.15) is 10.5 Å². The van der Waals surface area contributed by atoms with E-state index in [1.54, 1.807) is 6.07 Å². The fraction of sp³-hybridized carbons (Fsp3) is 0.400. The van der Waals surface area contributed by atoms with Crippen molar-refractivity contribution >= 4 is 5.84 Å². The Morgan fingerprint density at radius 1 is 1.23 bits per heavy atom. The summed E-state index contributed by atoms with van der Waals surface area (Å²) in [6.45, 7) is 0. The zero-order valence-electron chi connectivity index (χ0n) is 12.0. The number of nitriles is 2. The zero-order valence-corrected chi connectivity index (χ0v) is 12.0. The molecule has 0 amide bonds. The van der Waals surface area contributed by atoms with E-state index in [-0.39, 0.29) is 11.4 Å². The van der Waals surface area contributed by atoms with Crippen molar-refractivity contribution in [1.82, 2.24) is 0 Å². The van der Waals surface area contributed by atoms with E-state index in [1.807, 2.05) is 0 Å². The van der Waals surface area contributed by atoms with Crippen molar-refractivity contribution in [1.29, 1.82) is 10.5 Å². The molecule has 3 atom stereocenters. The first-order chi connectivity index (χ1) is 10.5. The van der Waals surface area contributed by atoms with Gasteiger partial charge in [-0.05, 0) is 11.6 Å². The van der Waals surface area contributed by atoms with Crippen LogP contribution in [0, 0.1) is 39.3 Å². The van der Waals surface area contributed by atoms with Gasteiger partial charge in [-0.15, -0.1) is 0 Å². The van der Waals surface area contributed by atoms with E-state index >= 15 is 0 Å². The van der Waals surface area contributed by atoms with Gasteiger partial charge in [0.15, 0.2) is 5.41 Å². The Balaban J connectivity index is 2.29. The minimum atomic E-state index is -1.73. The summed E-state index contributed by atoms with van der Waals surface area (Å²) in [5.41, 5.74) is 3.16. The van der Waals surface area contributed by atoms with E-state index in [1.165, 1.54) is 32.4 Å². The molecule has 22 heavy (non-hydrogen) atoms. The van der Waals surface area contributed by atoms with Crippen molar-refractivity contribution in [3.8, 4) is 12.1 Å². The molecule has 1 fully saturated rings. The molecule has 6 nitrogen and oxygen atoms in total. The molecule has 3 rings (SSSR count). The number of halogens is 1. The third-order valence-corrected chi connectivity index (χ3v) is 4.70. The van der Waals surface area contributed by atoms with E-state index in [0.29, 0.717) is 0 Å². The minimum Gasteiger partial charge on any atom is -0.386 e. The molecule has 2 N–H and O–H groups in total. The quantitative estimate of drug-likeness (QED) is 0.846. The van der Waals surface area contributed by atoms with Gasteiger partial charge in [0.2, 0.25) is 0 Å². The number of nitrogens with zero attached hydrogens (tertiary/aromatic N) is 3. The molecule has 2 aliphatic rings. The smallest absolute Gasteiger partial charge is 0.292 e. The first-order valence-electron chi connectivity index (χ1n) is 6.54. The second kappa shape index (κ2) is 4.26. The Hall–Kier alpha value is -2.48. The Kier molecular flexibility index (Phi) is 2.80. The average molecular weight is 300 g/mol. The van der Waals surface area contributed by atoms with Crippen LogP contribution in [0.4, 0.5) is 4.39 Å². The monoisotopic (exact) mass is 300 g/mol. The molecule has 1 aromatic rings. The number of benzene rings is 1. The Morgan fingerprint density at radius 3 is 2.36 bits per heavy atom. The second-order valence-electron chi connectivity index (χ2n) is 5.28. The van der Waals surface area contributed by atoms with Crippen molar-refractivity contribution < 1.29 is 13.9 Å². The molecule has 0 aromatic heterocycles. The molecule has 1 aliphatic heterocycles. The molecular weight excluding hydrogens is 287 g/mol. The number of hydrogen-bond donors (Lipinski definition) is 1. The van der Waals surface area contributed by atoms with Crippen LogP contribution in [0.1, 0.15) is 11.5 Å². The number of amidine groups is 1. The summed E-state index contributed by atoms with van der Waals surface area (Å²) in [6.07, 6.45) is 0. The normalized spacial score (nSPS) is 34.2. The highest BCUT2D eigenvalue weighted by Crippen LogP contribution is 2.81. The number of hydrogen-bond acceptors (Lipinski definition) is 6. The van der Waals surface area contributed by atoms with Crippen molar-refractivity contribution in [2.75, 3.05) is 14.2 Å². The van der Waals surface area contributed by atoms with Gasteiger partial charge in [-0.25, -0.2) is 9.38 Å². The van der Waals surface area contributed by atoms with Crippen molar-refractivity contribution in [3.63, 3.8) is 0 Å². The maximum Gasteiger partial charge on any atom is 0.292 e. The van der Waals surface area contributed by atoms with Crippen LogP contribution in [-0.4, -0.2) is 26.0 Å². The first-order valence-corrected chi connectivity index (χ1v) is 6.54. The summed E-state index contributed by atoms with van der Waals surface area (Å²) in [6, 6.07) is 10.1. The topological polar surface area (TPSA) is 104 Å². The molecular formula is C15H13FN4O2. The van der Waals surface area contributed by atoms with Gasteiger partial charge in [0, 0.05) is 20.1 Å². The van der Waals surface area contributed by atoms with Gasteiger partial charge in [0.05, 0.1) is 12.1 Å². The van der Waals surface area contributed by atoms with Crippen LogP contribution >= 0.6 is 0 Å². The lowest BCUT2D eigenvalue weighted by Gasteiger charge is -2.29. The summed E-state index contributed by atoms with van der Waals surface area (Å²) in [4.78, 5) is 4.06. The lowest BCUT2D eigenvalue weighted by atomic mass is 9.93. The molecule has 1 heterocycles. The lowest BCUT2D eigenvalue weighted by Crippen LogP contribution is -2.41. The van der Waals surface area contributed by atoms with Crippen LogP contribution in [0.3, 0.4) is 0 Å². The van der Waals surface area contributed by atoms with Crippen LogP contribution in [-0.2, 0) is 9.47 Å². The van der Waals surface area contributed by atoms with Crippen molar-refractivity contribution in [2.24, 2.45) is 21.6 Å². The Labute approximate surface area is 126 Å². The highest BCUT2D eigenvalue weighted by molar-refractivity contribution is 6.00. The number of ether oxygens (including phenoxy) is 2. The largest absolute Gasteiger partial charge is 0.386 e. The predicted octanol–water partition coefficient (Wildman–Crippen LogP) is 1.26. The molecule has 0 unspecified atom stereocenters. The highest BCUT2D eigenvalue weighted by atomic mass is 19.1. The summed E-state index contributed by atoms with van der Waals surface area (Å²) < 4.78 is 24.8. The molecule has 1 aromatic carbocycles. The zero-order chi connectivity index (χ0) is 16.2. The van der Waals surface area contributed by atoms with Crippen LogP contribution in [0.15, 0.2) is 29.3 Å². The molecule has 0 spiro atoms. The van der Waals surface area contributed by atoms with Crippen molar-refractivity contribution in [3.05, 3.63) is 35.6 Å². The van der Waals surface area contributed by atoms with Gasteiger partial charge < -0.3 is 15.2 Å². The SMILES string of the molecule is COC1(OC)N=C(N)[C@@]2(C#N)[C@H](c3ccccc3F)[C@]12C#N. The molecule has 0 radical (unpaired) electrons. The Morgan fingerprint density at radius 2 is 1.86 bits per heavy atom. The fourth-order valence-electron chi connectivity index (χ4n) is 3.70. The Bertz CT molecular complexity index is 762. The minimum absolute atomic E-state index is 0.0755. The average Bonchev–Trinajstić information content (AvgIpc) is 3.10. The van der Waals surface area contributed by atoms with E-state index in [4.69, 9.17) is 15.2 Å². The summed E-state index contributed by atoms with van der Waals surface area (Å²) in [5.74, 6) is -3.13. The molecule has 0 bridgehead atoms. The first kappa shape index (κ1) is 14.5. The summed E-state index contributed by atoms with van der Waals surface area (Å²) in [7, 11) is 2.62. The number of nitrogens with two attached hydrogens (primary N) is 1. The molecule has 1 saturated carbocycles. The third-order valence-electron chi connectivity index (χ3n) is 4.70. The number of aliphatic imine (C=N–C) groups is 1. The second-order valence-corrected chi connectivity index (χ2v) is 5.28. The third kappa shape index (κ3) is 1.19. The van der Waals surface area contributed by atoms with Gasteiger partial charge in [0.25, 0.3) is 5.91 Å². The number of methoxy groups -OCH3 is 2. The molecule has 0 saturated heterocycles. The van der Waals surface area contributed by atoms with E-state index in [0.717, 1.165) is 0 Å². The highest BCUT2D eigenvalue weighted by Gasteiger charge is 2.93. The van der Waals surface area contributed by atoms with Gasteiger partial charge in [-0.1, -0.05) is 18.2 Å². The molecule has 7 heteroatoms. The fourth-order valence-corrected chi connectivity index (χ4v) is 3.70. The van der Waals surface area contributed by atoms with Gasteiger partial charge in [0.1, 0.15) is 17.1 Å². The van der Waals surface area contributed by atoms with Crippen LogP contribution in [0.2, 0.25) is 0 Å². The van der Waals surface area contributed by atoms with Crippen LogP contribution in [0.25, 0.3) is 0 Å². The predicted molar refractivity (Wildman–Crippen MR) is 73.6 cm³/mol. The number of fused-ring (bicyclic) bond motifs is 1. The maximum absolute atomic E-state index is 14.2. The van der Waals surface area contributed by atoms with E-state index in [9.17, 15) is 14.9 Å². The number of rotatable bonds is 3. The maximum atomic E-state index is 14.2. The molecule has 112 valence electrons. The van der Waals surface area contributed by atoms with Gasteiger partial charge in [-0.3, -0.25) is 0 Å². The standard InChI is InChI=1S/C15H13FN4O2/c1-21-15(22-2)14(8-18)11(9-5-3-4-6-10(9)16)13(14,7-17)12(19)20-15/h3-6,11H,1-2H3,(H2,19,20)/t11-,13+,14-/m0/s1. The lowest BCUT2D eigenvalue weighted by molar-refractivity contribution is -0.230. The van der Waals surface area contributed by atoms with Gasteiger partial charge >= 0.3 is 0 Å². The van der Waals surface area contributed by atoms with E-state index < -0.39 is 28.5 Å².